The summed E-state index contributed by atoms with van der Waals surface area (Å²) in [5.74, 6) is 2.77. The molecule has 4 aliphatic rings. The number of carbonyl (C=O) groups is 1. The number of piperidine rings is 1. The number of aromatic nitrogens is 2. The summed E-state index contributed by atoms with van der Waals surface area (Å²) >= 11 is 0. The zero-order chi connectivity index (χ0) is 24.9. The fraction of sp³-hybridized carbons (Fsp3) is 0.607. The lowest BCUT2D eigenvalue weighted by Crippen LogP contribution is -2.40. The number of fused-ring (bicyclic) bond motifs is 1. The summed E-state index contributed by atoms with van der Waals surface area (Å²) in [5, 5.41) is 0. The van der Waals surface area contributed by atoms with Gasteiger partial charge in [-0.25, -0.2) is 9.97 Å². The number of carbonyl (C=O) groups excluding carboxylic acids is 1. The van der Waals surface area contributed by atoms with Gasteiger partial charge in [-0.3, -0.25) is 9.69 Å². The molecule has 2 saturated carbocycles. The summed E-state index contributed by atoms with van der Waals surface area (Å²) in [6, 6.07) is 11.5. The molecule has 1 amide bonds. The van der Waals surface area contributed by atoms with Crippen molar-refractivity contribution in [3.8, 4) is 0 Å². The summed E-state index contributed by atoms with van der Waals surface area (Å²) in [7, 11) is 0. The van der Waals surface area contributed by atoms with E-state index in [1.54, 1.807) is 0 Å². The third kappa shape index (κ3) is 4.76. The van der Waals surface area contributed by atoms with E-state index in [9.17, 15) is 18.0 Å². The van der Waals surface area contributed by atoms with E-state index in [1.807, 2.05) is 4.90 Å². The molecule has 0 spiro atoms. The van der Waals surface area contributed by atoms with Gasteiger partial charge < -0.3 is 4.90 Å². The Hall–Kier alpha value is -2.48. The van der Waals surface area contributed by atoms with Crippen LogP contribution in [0.25, 0.3) is 0 Å². The van der Waals surface area contributed by atoms with Crippen LogP contribution in [0.4, 0.5) is 13.2 Å². The van der Waals surface area contributed by atoms with Gasteiger partial charge in [-0.2, -0.15) is 13.2 Å². The summed E-state index contributed by atoms with van der Waals surface area (Å²) in [6.07, 6.45) is 3.65. The minimum absolute atomic E-state index is 0.169. The van der Waals surface area contributed by atoms with Crippen molar-refractivity contribution in [2.75, 3.05) is 26.2 Å². The molecule has 0 N–H and O–H groups in total. The number of likely N-dealkylation sites (tertiary alicyclic amines) is 2. The number of amides is 1. The molecule has 6 rings (SSSR count). The van der Waals surface area contributed by atoms with Gasteiger partial charge in [0.25, 0.3) is 0 Å². The Morgan fingerprint density at radius 2 is 1.58 bits per heavy atom. The predicted octanol–water partition coefficient (Wildman–Crippen LogP) is 4.79. The van der Waals surface area contributed by atoms with Crippen LogP contribution in [0.15, 0.2) is 42.7 Å². The Bertz CT molecular complexity index is 1060. The van der Waals surface area contributed by atoms with Gasteiger partial charge in [0.15, 0.2) is 0 Å². The Labute approximate surface area is 210 Å². The van der Waals surface area contributed by atoms with Crippen LogP contribution < -0.4 is 0 Å². The number of hydrogen-bond acceptors (Lipinski definition) is 4. The zero-order valence-corrected chi connectivity index (χ0v) is 20.4. The number of halogens is 3. The third-order valence-corrected chi connectivity index (χ3v) is 9.09. The first-order valence-electron chi connectivity index (χ1n) is 13.3. The van der Waals surface area contributed by atoms with Gasteiger partial charge in [0.2, 0.25) is 5.91 Å². The summed E-state index contributed by atoms with van der Waals surface area (Å²) < 4.78 is 38.2. The Kier molecular flexibility index (Phi) is 6.26. The molecule has 0 bridgehead atoms. The Morgan fingerprint density at radius 3 is 2.22 bits per heavy atom. The van der Waals surface area contributed by atoms with Crippen molar-refractivity contribution in [3.05, 3.63) is 59.7 Å². The first-order valence-corrected chi connectivity index (χ1v) is 13.3. The van der Waals surface area contributed by atoms with Crippen LogP contribution in [0.2, 0.25) is 0 Å². The molecule has 2 aliphatic carbocycles. The van der Waals surface area contributed by atoms with Crippen molar-refractivity contribution in [1.29, 1.82) is 0 Å². The van der Waals surface area contributed by atoms with E-state index in [-0.39, 0.29) is 17.7 Å². The smallest absolute Gasteiger partial charge is 0.342 e. The van der Waals surface area contributed by atoms with Crippen molar-refractivity contribution < 1.29 is 18.0 Å². The quantitative estimate of drug-likeness (QED) is 0.595. The number of nitrogens with zero attached hydrogens (tertiary/aromatic N) is 4. The highest BCUT2D eigenvalue weighted by molar-refractivity contribution is 5.83. The summed E-state index contributed by atoms with van der Waals surface area (Å²) in [4.78, 5) is 25.6. The van der Waals surface area contributed by atoms with E-state index in [0.29, 0.717) is 42.6 Å². The van der Waals surface area contributed by atoms with Gasteiger partial charge in [-0.15, -0.1) is 0 Å². The van der Waals surface area contributed by atoms with Gasteiger partial charge in [-0.1, -0.05) is 30.3 Å². The van der Waals surface area contributed by atoms with Gasteiger partial charge >= 0.3 is 6.18 Å². The zero-order valence-electron chi connectivity index (χ0n) is 20.4. The molecule has 2 aromatic rings. The SMILES string of the molecule is O=C(C1[C@H]2CN(C3CCC(c4ccccc4)CC3)C[C@@H]12)N1CCC(Cc2ncc(C(F)(F)F)cn2)C1. The average molecular weight is 499 g/mol. The van der Waals surface area contributed by atoms with E-state index in [2.05, 4.69) is 45.2 Å². The number of alkyl halides is 3. The molecule has 4 atom stereocenters. The largest absolute Gasteiger partial charge is 0.419 e. The van der Waals surface area contributed by atoms with Crippen LogP contribution >= 0.6 is 0 Å². The van der Waals surface area contributed by atoms with Crippen LogP contribution in [0.3, 0.4) is 0 Å². The van der Waals surface area contributed by atoms with Crippen LogP contribution in [0.1, 0.15) is 55.0 Å². The fourth-order valence-corrected chi connectivity index (χ4v) is 7.00. The highest BCUT2D eigenvalue weighted by Gasteiger charge is 2.61. The van der Waals surface area contributed by atoms with Crippen LogP contribution in [0.5, 0.6) is 0 Å². The molecule has 1 aromatic carbocycles. The second-order valence-electron chi connectivity index (χ2n) is 11.3. The second-order valence-corrected chi connectivity index (χ2v) is 11.3. The van der Waals surface area contributed by atoms with Crippen LogP contribution in [-0.4, -0.2) is 57.9 Å². The van der Waals surface area contributed by atoms with Crippen molar-refractivity contribution in [1.82, 2.24) is 19.8 Å². The third-order valence-electron chi connectivity index (χ3n) is 9.09. The molecule has 3 heterocycles. The van der Waals surface area contributed by atoms with Gasteiger partial charge in [0.05, 0.1) is 5.56 Å². The maximum absolute atomic E-state index is 13.2. The van der Waals surface area contributed by atoms with E-state index in [4.69, 9.17) is 0 Å². The molecule has 2 saturated heterocycles. The van der Waals surface area contributed by atoms with Gasteiger partial charge in [-0.05, 0) is 61.3 Å². The van der Waals surface area contributed by atoms with Gasteiger partial charge in [0, 0.05) is 57.0 Å². The first-order chi connectivity index (χ1) is 17.4. The van der Waals surface area contributed by atoms with Crippen molar-refractivity contribution in [3.63, 3.8) is 0 Å². The van der Waals surface area contributed by atoms with Crippen LogP contribution in [-0.2, 0) is 17.4 Å². The molecule has 2 aliphatic heterocycles. The fourth-order valence-electron chi connectivity index (χ4n) is 7.00. The molecule has 4 fully saturated rings. The van der Waals surface area contributed by atoms with E-state index in [1.165, 1.54) is 31.2 Å². The van der Waals surface area contributed by atoms with Gasteiger partial charge in [0.1, 0.15) is 5.82 Å². The van der Waals surface area contributed by atoms with Crippen molar-refractivity contribution >= 4 is 5.91 Å². The molecule has 8 heteroatoms. The van der Waals surface area contributed by atoms with E-state index in [0.717, 1.165) is 38.4 Å². The molecule has 2 unspecified atom stereocenters. The molecular formula is C28H33F3N4O. The van der Waals surface area contributed by atoms with Crippen LogP contribution in [0, 0.1) is 23.7 Å². The first kappa shape index (κ1) is 23.9. The summed E-state index contributed by atoms with van der Waals surface area (Å²) in [5.41, 5.74) is 0.646. The standard InChI is InChI=1S/C28H33F3N4O/c29-28(30,31)21-13-32-25(33-14-21)12-18-10-11-34(15-18)27(36)26-23-16-35(17-24(23)26)22-8-6-20(7-9-22)19-4-2-1-3-5-19/h1-5,13-14,18,20,22-24,26H,6-12,15-17H2/t18?,20?,22?,23-,24+,26?. The average Bonchev–Trinajstić information content (AvgIpc) is 3.20. The molecule has 192 valence electrons. The lowest BCUT2D eigenvalue weighted by Gasteiger charge is -2.36. The molecule has 5 nitrogen and oxygen atoms in total. The Morgan fingerprint density at radius 1 is 0.917 bits per heavy atom. The number of benzene rings is 1. The Balaban J connectivity index is 0.952. The van der Waals surface area contributed by atoms with E-state index >= 15 is 0 Å². The van der Waals surface area contributed by atoms with Crippen molar-refractivity contribution in [2.45, 2.75) is 56.7 Å². The normalized spacial score (nSPS) is 32.5. The topological polar surface area (TPSA) is 49.3 Å². The number of hydrogen-bond donors (Lipinski definition) is 0. The molecular weight excluding hydrogens is 465 g/mol. The molecule has 36 heavy (non-hydrogen) atoms. The maximum atomic E-state index is 13.2. The van der Waals surface area contributed by atoms with E-state index < -0.39 is 11.7 Å². The predicted molar refractivity (Wildman–Crippen MR) is 129 cm³/mol. The highest BCUT2D eigenvalue weighted by atomic mass is 19.4. The minimum Gasteiger partial charge on any atom is -0.342 e. The lowest BCUT2D eigenvalue weighted by molar-refractivity contribution is -0.138. The molecule has 1 aromatic heterocycles. The second kappa shape index (κ2) is 9.43. The maximum Gasteiger partial charge on any atom is 0.419 e. The summed E-state index contributed by atoms with van der Waals surface area (Å²) in [6.45, 7) is 3.50. The minimum atomic E-state index is -4.42. The molecule has 0 radical (unpaired) electrons. The number of rotatable bonds is 5. The van der Waals surface area contributed by atoms with Crippen molar-refractivity contribution in [2.24, 2.45) is 23.7 Å². The monoisotopic (exact) mass is 498 g/mol. The lowest BCUT2D eigenvalue weighted by atomic mass is 9.81. The highest BCUT2D eigenvalue weighted by Crippen LogP contribution is 2.54.